The van der Waals surface area contributed by atoms with Crippen molar-refractivity contribution in [1.29, 1.82) is 0 Å². The molecule has 1 N–H and O–H groups in total. The number of hydrogen-bond donors (Lipinski definition) is 1. The molecule has 2 aromatic heterocycles. The van der Waals surface area contributed by atoms with Crippen LogP contribution in [-0.4, -0.2) is 32.4 Å². The number of nitrogens with one attached hydrogen (secondary N) is 1. The zero-order valence-electron chi connectivity index (χ0n) is 15.5. The van der Waals surface area contributed by atoms with Crippen molar-refractivity contribution < 1.29 is 19.1 Å². The minimum atomic E-state index is -1.26. The molecule has 0 saturated carbocycles. The fraction of sp³-hybridized carbons (Fsp3) is 0.0476. The van der Waals surface area contributed by atoms with Gasteiger partial charge in [0.25, 0.3) is 0 Å². The number of carbonyl (C=O) groups excluding carboxylic acids is 2. The van der Waals surface area contributed by atoms with E-state index in [1.54, 1.807) is 41.0 Å². The molecular weight excluding hydrogens is 404 g/mol. The molecule has 30 heavy (non-hydrogen) atoms. The number of amides is 1. The number of para-hydroxylation sites is 1. The third-order valence-electron chi connectivity index (χ3n) is 4.13. The molecule has 0 saturated heterocycles. The van der Waals surface area contributed by atoms with Gasteiger partial charge in [-0.15, -0.1) is 10.2 Å². The van der Waals surface area contributed by atoms with Crippen LogP contribution in [0.25, 0.3) is 17.3 Å². The van der Waals surface area contributed by atoms with Crippen molar-refractivity contribution in [3.63, 3.8) is 0 Å². The first kappa shape index (κ1) is 19.5. The van der Waals surface area contributed by atoms with Crippen LogP contribution in [0.15, 0.2) is 82.6 Å². The molecule has 150 valence electrons. The first-order valence-corrected chi connectivity index (χ1v) is 9.89. The minimum absolute atomic E-state index is 0.0582. The Labute approximate surface area is 175 Å². The summed E-state index contributed by atoms with van der Waals surface area (Å²) in [5.41, 5.74) is 1.39. The highest BCUT2D eigenvalue weighted by atomic mass is 32.2. The number of carbonyl (C=O) groups is 2. The number of hydrogen-bond acceptors (Lipinski definition) is 7. The number of rotatable bonds is 7. The lowest BCUT2D eigenvalue weighted by atomic mass is 10.2. The number of carboxylic acid groups (broad SMARTS) is 1. The smallest absolute Gasteiger partial charge is 0.234 e. The van der Waals surface area contributed by atoms with Crippen molar-refractivity contribution in [2.45, 2.75) is 5.16 Å². The standard InChI is InChI=1S/C21H16N4O4S/c26-18(22-15-5-2-1-3-6-15)13-30-21-24-23-19(17-7-4-12-29-17)25(21)16-10-8-14(9-11-16)20(27)28/h1-12H,13H2,(H,22,26)(H,27,28)/p-1. The van der Waals surface area contributed by atoms with Gasteiger partial charge in [0, 0.05) is 11.4 Å². The summed E-state index contributed by atoms with van der Waals surface area (Å²) in [6, 6.07) is 18.7. The molecule has 2 heterocycles. The van der Waals surface area contributed by atoms with Crippen molar-refractivity contribution in [2.24, 2.45) is 0 Å². The van der Waals surface area contributed by atoms with E-state index in [4.69, 9.17) is 4.42 Å². The molecule has 2 aromatic carbocycles. The number of aromatic nitrogens is 3. The molecule has 0 aliphatic rings. The Morgan fingerprint density at radius 2 is 1.77 bits per heavy atom. The lowest BCUT2D eigenvalue weighted by Gasteiger charge is -2.10. The lowest BCUT2D eigenvalue weighted by molar-refractivity contribution is -0.255. The topological polar surface area (TPSA) is 113 Å². The van der Waals surface area contributed by atoms with Crippen molar-refractivity contribution in [2.75, 3.05) is 11.1 Å². The second-order valence-corrected chi connectivity index (χ2v) is 7.10. The molecule has 0 bridgehead atoms. The van der Waals surface area contributed by atoms with E-state index in [9.17, 15) is 14.7 Å². The minimum Gasteiger partial charge on any atom is -0.545 e. The largest absolute Gasteiger partial charge is 0.545 e. The average molecular weight is 419 g/mol. The van der Waals surface area contributed by atoms with Gasteiger partial charge < -0.3 is 19.6 Å². The van der Waals surface area contributed by atoms with Gasteiger partial charge in [0.15, 0.2) is 10.9 Å². The summed E-state index contributed by atoms with van der Waals surface area (Å²) in [7, 11) is 0. The van der Waals surface area contributed by atoms with Crippen LogP contribution in [0, 0.1) is 0 Å². The monoisotopic (exact) mass is 419 g/mol. The number of anilines is 1. The van der Waals surface area contributed by atoms with E-state index in [1.807, 2.05) is 18.2 Å². The van der Waals surface area contributed by atoms with Crippen LogP contribution in [0.3, 0.4) is 0 Å². The van der Waals surface area contributed by atoms with Crippen LogP contribution in [0.1, 0.15) is 10.4 Å². The number of aromatic carboxylic acids is 1. The van der Waals surface area contributed by atoms with E-state index >= 15 is 0 Å². The highest BCUT2D eigenvalue weighted by Gasteiger charge is 2.19. The summed E-state index contributed by atoms with van der Waals surface area (Å²) in [6.07, 6.45) is 1.52. The summed E-state index contributed by atoms with van der Waals surface area (Å²) >= 11 is 1.20. The molecule has 0 aliphatic heterocycles. The highest BCUT2D eigenvalue weighted by molar-refractivity contribution is 7.99. The molecule has 0 radical (unpaired) electrons. The first-order valence-electron chi connectivity index (χ1n) is 8.90. The molecule has 8 nitrogen and oxygen atoms in total. The zero-order valence-corrected chi connectivity index (χ0v) is 16.3. The van der Waals surface area contributed by atoms with Crippen molar-refractivity contribution in [3.05, 3.63) is 78.6 Å². The molecule has 4 aromatic rings. The van der Waals surface area contributed by atoms with Gasteiger partial charge in [-0.25, -0.2) is 0 Å². The van der Waals surface area contributed by atoms with Gasteiger partial charge in [0.2, 0.25) is 11.7 Å². The maximum absolute atomic E-state index is 12.3. The van der Waals surface area contributed by atoms with Crippen molar-refractivity contribution in [3.8, 4) is 17.3 Å². The Balaban J connectivity index is 1.60. The lowest BCUT2D eigenvalue weighted by Crippen LogP contribution is -2.22. The van der Waals surface area contributed by atoms with Crippen molar-refractivity contribution in [1.82, 2.24) is 14.8 Å². The first-order chi connectivity index (χ1) is 14.6. The summed E-state index contributed by atoms with van der Waals surface area (Å²) in [5.74, 6) is -0.405. The van der Waals surface area contributed by atoms with E-state index in [0.29, 0.717) is 28.1 Å². The molecule has 0 aliphatic carbocycles. The maximum Gasteiger partial charge on any atom is 0.234 e. The Hall–Kier alpha value is -3.85. The second kappa shape index (κ2) is 8.66. The van der Waals surface area contributed by atoms with Crippen molar-refractivity contribution >= 4 is 29.3 Å². The molecular formula is C21H15N4O4S-. The summed E-state index contributed by atoms with van der Waals surface area (Å²) < 4.78 is 7.15. The molecule has 4 rings (SSSR count). The SMILES string of the molecule is O=C(CSc1nnc(-c2ccco2)n1-c1ccc(C(=O)[O-])cc1)Nc1ccccc1. The van der Waals surface area contributed by atoms with Gasteiger partial charge in [-0.1, -0.05) is 42.1 Å². The van der Waals surface area contributed by atoms with Crippen LogP contribution in [0.2, 0.25) is 0 Å². The third-order valence-corrected chi connectivity index (χ3v) is 5.05. The fourth-order valence-electron chi connectivity index (χ4n) is 2.76. The molecule has 0 spiro atoms. The van der Waals surface area contributed by atoms with E-state index in [1.165, 1.54) is 30.2 Å². The summed E-state index contributed by atoms with van der Waals surface area (Å²) in [5, 5.41) is 22.7. The van der Waals surface area contributed by atoms with E-state index in [0.717, 1.165) is 0 Å². The molecule has 0 unspecified atom stereocenters. The normalized spacial score (nSPS) is 10.7. The van der Waals surface area contributed by atoms with Gasteiger partial charge >= 0.3 is 0 Å². The highest BCUT2D eigenvalue weighted by Crippen LogP contribution is 2.28. The molecule has 1 amide bonds. The Bertz CT molecular complexity index is 1160. The molecule has 0 atom stereocenters. The number of benzene rings is 2. The second-order valence-electron chi connectivity index (χ2n) is 6.16. The number of thioether (sulfide) groups is 1. The van der Waals surface area contributed by atoms with E-state index < -0.39 is 5.97 Å². The average Bonchev–Trinajstić information content (AvgIpc) is 3.43. The Kier molecular flexibility index (Phi) is 5.62. The van der Waals surface area contributed by atoms with Gasteiger partial charge in [-0.3, -0.25) is 9.36 Å². The Morgan fingerprint density at radius 1 is 1.00 bits per heavy atom. The van der Waals surface area contributed by atoms with Crippen LogP contribution in [0.5, 0.6) is 0 Å². The zero-order chi connectivity index (χ0) is 20.9. The van der Waals surface area contributed by atoms with Gasteiger partial charge in [-0.2, -0.15) is 0 Å². The number of nitrogens with zero attached hydrogens (tertiary/aromatic N) is 3. The molecule has 0 fully saturated rings. The maximum atomic E-state index is 12.3. The molecule has 9 heteroatoms. The van der Waals surface area contributed by atoms with Crippen LogP contribution in [0.4, 0.5) is 5.69 Å². The van der Waals surface area contributed by atoms with Gasteiger partial charge in [0.05, 0.1) is 18.0 Å². The predicted octanol–water partition coefficient (Wildman–Crippen LogP) is 2.62. The predicted molar refractivity (Wildman–Crippen MR) is 109 cm³/mol. The van der Waals surface area contributed by atoms with Crippen LogP contribution in [-0.2, 0) is 4.79 Å². The van der Waals surface area contributed by atoms with E-state index in [-0.39, 0.29) is 17.2 Å². The van der Waals surface area contributed by atoms with Gasteiger partial charge in [0.1, 0.15) is 0 Å². The summed E-state index contributed by atoms with van der Waals surface area (Å²) in [6.45, 7) is 0. The van der Waals surface area contributed by atoms with Gasteiger partial charge in [-0.05, 0) is 42.0 Å². The fourth-order valence-corrected chi connectivity index (χ4v) is 3.51. The van der Waals surface area contributed by atoms with Crippen LogP contribution < -0.4 is 10.4 Å². The Morgan fingerprint density at radius 3 is 2.43 bits per heavy atom. The number of furan rings is 1. The van der Waals surface area contributed by atoms with E-state index in [2.05, 4.69) is 15.5 Å². The summed E-state index contributed by atoms with van der Waals surface area (Å²) in [4.78, 5) is 23.3. The quantitative estimate of drug-likeness (QED) is 0.458. The third kappa shape index (κ3) is 4.26. The van der Waals surface area contributed by atoms with Crippen LogP contribution >= 0.6 is 11.8 Å². The number of carboxylic acids is 1.